The van der Waals surface area contributed by atoms with Crippen LogP contribution in [0.2, 0.25) is 0 Å². The average Bonchev–Trinajstić information content (AvgIpc) is 2.62. The number of hydrogen-bond donors (Lipinski definition) is 0. The van der Waals surface area contributed by atoms with Crippen LogP contribution in [-0.4, -0.2) is 13.2 Å². The first-order valence-electron chi connectivity index (χ1n) is 9.71. The predicted molar refractivity (Wildman–Crippen MR) is 103 cm³/mol. The van der Waals surface area contributed by atoms with Gasteiger partial charge in [-0.15, -0.1) is 6.58 Å². The molecule has 0 aromatic heterocycles. The summed E-state index contributed by atoms with van der Waals surface area (Å²) in [6.45, 7) is 11.6. The summed E-state index contributed by atoms with van der Waals surface area (Å²) in [6.07, 6.45) is 10.8. The van der Waals surface area contributed by atoms with E-state index in [1.807, 2.05) is 38.1 Å². The normalized spacial score (nSPS) is 13.0. The molecular weight excluding hydrogens is 296 g/mol. The summed E-state index contributed by atoms with van der Waals surface area (Å²) in [5.41, 5.74) is 1.09. The molecule has 1 unspecified atom stereocenters. The predicted octanol–water partition coefficient (Wildman–Crippen LogP) is 6.47. The Morgan fingerprint density at radius 2 is 1.50 bits per heavy atom. The van der Waals surface area contributed by atoms with Crippen LogP contribution in [0, 0.1) is 5.92 Å². The maximum atomic E-state index is 6.21. The van der Waals surface area contributed by atoms with Crippen LogP contribution in [-0.2, 0) is 15.3 Å². The lowest BCUT2D eigenvalue weighted by atomic mass is 9.86. The van der Waals surface area contributed by atoms with Crippen molar-refractivity contribution in [1.82, 2.24) is 0 Å². The lowest BCUT2D eigenvalue weighted by molar-refractivity contribution is -0.266. The summed E-state index contributed by atoms with van der Waals surface area (Å²) in [7, 11) is 0. The van der Waals surface area contributed by atoms with E-state index >= 15 is 0 Å². The van der Waals surface area contributed by atoms with Gasteiger partial charge in [-0.2, -0.15) is 0 Å². The maximum absolute atomic E-state index is 6.21. The smallest absolute Gasteiger partial charge is 0.201 e. The Morgan fingerprint density at radius 1 is 0.917 bits per heavy atom. The van der Waals surface area contributed by atoms with Crippen LogP contribution in [0.3, 0.4) is 0 Å². The molecule has 0 amide bonds. The molecule has 1 aromatic carbocycles. The first-order chi connectivity index (χ1) is 11.7. The summed E-state index contributed by atoms with van der Waals surface area (Å²) in [4.78, 5) is 0. The maximum Gasteiger partial charge on any atom is 0.201 e. The molecule has 0 spiro atoms. The van der Waals surface area contributed by atoms with E-state index in [0.717, 1.165) is 12.0 Å². The third-order valence-electron chi connectivity index (χ3n) is 4.54. The molecule has 2 heteroatoms. The number of rotatable bonds is 14. The molecule has 1 atom stereocenters. The van der Waals surface area contributed by atoms with Gasteiger partial charge in [0.15, 0.2) is 0 Å². The molecule has 0 saturated carbocycles. The van der Waals surface area contributed by atoms with Crippen molar-refractivity contribution in [1.29, 1.82) is 0 Å². The highest BCUT2D eigenvalue weighted by molar-refractivity contribution is 5.23. The fourth-order valence-corrected chi connectivity index (χ4v) is 3.34. The van der Waals surface area contributed by atoms with Crippen molar-refractivity contribution in [2.24, 2.45) is 5.92 Å². The van der Waals surface area contributed by atoms with Crippen LogP contribution in [0.1, 0.15) is 71.3 Å². The largest absolute Gasteiger partial charge is 0.346 e. The highest BCUT2D eigenvalue weighted by Gasteiger charge is 2.40. The fourth-order valence-electron chi connectivity index (χ4n) is 3.34. The fraction of sp³-hybridized carbons (Fsp3) is 0.636. The molecule has 1 rings (SSSR count). The molecule has 2 nitrogen and oxygen atoms in total. The number of ether oxygens (including phenoxy) is 2. The van der Waals surface area contributed by atoms with Crippen LogP contribution >= 0.6 is 0 Å². The van der Waals surface area contributed by atoms with Crippen LogP contribution < -0.4 is 0 Å². The van der Waals surface area contributed by atoms with Crippen molar-refractivity contribution in [3.05, 3.63) is 48.6 Å². The molecule has 0 aliphatic carbocycles. The molecule has 1 aromatic rings. The molecule has 0 saturated heterocycles. The first kappa shape index (κ1) is 20.9. The third kappa shape index (κ3) is 6.07. The SMILES string of the molecule is C=CC(CCCCCCCC)C(OCC)(OCC)c1ccccc1. The Balaban J connectivity index is 2.83. The van der Waals surface area contributed by atoms with Crippen LogP contribution in [0.25, 0.3) is 0 Å². The van der Waals surface area contributed by atoms with Gasteiger partial charge in [0.25, 0.3) is 0 Å². The Hall–Kier alpha value is -1.12. The second-order valence-corrected chi connectivity index (χ2v) is 6.30. The summed E-state index contributed by atoms with van der Waals surface area (Å²) in [5, 5.41) is 0. The minimum atomic E-state index is -0.712. The van der Waals surface area contributed by atoms with E-state index in [4.69, 9.17) is 9.47 Å². The van der Waals surface area contributed by atoms with Gasteiger partial charge in [-0.25, -0.2) is 0 Å². The Kier molecular flexibility index (Phi) is 10.7. The monoisotopic (exact) mass is 332 g/mol. The second kappa shape index (κ2) is 12.3. The van der Waals surface area contributed by atoms with Gasteiger partial charge in [-0.1, -0.05) is 81.9 Å². The van der Waals surface area contributed by atoms with Gasteiger partial charge in [0.2, 0.25) is 5.79 Å². The average molecular weight is 333 g/mol. The van der Waals surface area contributed by atoms with Gasteiger partial charge in [0, 0.05) is 24.7 Å². The first-order valence-corrected chi connectivity index (χ1v) is 9.71. The number of hydrogen-bond acceptors (Lipinski definition) is 2. The Labute approximate surface area is 149 Å². The van der Waals surface area contributed by atoms with Crippen molar-refractivity contribution in [2.75, 3.05) is 13.2 Å². The zero-order valence-electron chi connectivity index (χ0n) is 15.9. The standard InChI is InChI=1S/C22H36O2/c1-5-9-10-11-12-14-17-20(6-2)22(23-7-3,24-8-4)21-18-15-13-16-19-21/h6,13,15-16,18-20H,2,5,7-12,14,17H2,1,3-4H3. The van der Waals surface area contributed by atoms with E-state index in [1.54, 1.807) is 0 Å². The van der Waals surface area contributed by atoms with E-state index in [-0.39, 0.29) is 5.92 Å². The second-order valence-electron chi connectivity index (χ2n) is 6.30. The van der Waals surface area contributed by atoms with E-state index in [1.165, 1.54) is 38.5 Å². The molecule has 0 N–H and O–H groups in total. The quantitative estimate of drug-likeness (QED) is 0.221. The minimum Gasteiger partial charge on any atom is -0.346 e. The van der Waals surface area contributed by atoms with Gasteiger partial charge in [0.1, 0.15) is 0 Å². The van der Waals surface area contributed by atoms with Crippen molar-refractivity contribution < 1.29 is 9.47 Å². The third-order valence-corrected chi connectivity index (χ3v) is 4.54. The van der Waals surface area contributed by atoms with Crippen LogP contribution in [0.5, 0.6) is 0 Å². The summed E-state index contributed by atoms with van der Waals surface area (Å²) >= 11 is 0. The molecule has 24 heavy (non-hydrogen) atoms. The van der Waals surface area contributed by atoms with Gasteiger partial charge < -0.3 is 9.47 Å². The number of unbranched alkanes of at least 4 members (excludes halogenated alkanes) is 5. The van der Waals surface area contributed by atoms with E-state index < -0.39 is 5.79 Å². The van der Waals surface area contributed by atoms with Gasteiger partial charge in [-0.3, -0.25) is 0 Å². The summed E-state index contributed by atoms with van der Waals surface area (Å²) in [5.74, 6) is -0.554. The van der Waals surface area contributed by atoms with Gasteiger partial charge >= 0.3 is 0 Å². The van der Waals surface area contributed by atoms with Crippen molar-refractivity contribution >= 4 is 0 Å². The molecule has 0 aliphatic heterocycles. The van der Waals surface area contributed by atoms with E-state index in [2.05, 4.69) is 25.6 Å². The highest BCUT2D eigenvalue weighted by Crippen LogP contribution is 2.39. The highest BCUT2D eigenvalue weighted by atomic mass is 16.7. The summed E-state index contributed by atoms with van der Waals surface area (Å²) < 4.78 is 12.4. The van der Waals surface area contributed by atoms with Crippen LogP contribution in [0.15, 0.2) is 43.0 Å². The molecule has 0 heterocycles. The van der Waals surface area contributed by atoms with Crippen molar-refractivity contribution in [3.8, 4) is 0 Å². The van der Waals surface area contributed by atoms with Gasteiger partial charge in [-0.05, 0) is 20.3 Å². The zero-order chi connectivity index (χ0) is 17.7. The molecular formula is C22H36O2. The topological polar surface area (TPSA) is 18.5 Å². The molecule has 136 valence electrons. The van der Waals surface area contributed by atoms with Crippen molar-refractivity contribution in [2.45, 2.75) is 71.5 Å². The Morgan fingerprint density at radius 3 is 2.04 bits per heavy atom. The molecule has 0 radical (unpaired) electrons. The Bertz CT molecular complexity index is 421. The zero-order valence-corrected chi connectivity index (χ0v) is 15.9. The van der Waals surface area contributed by atoms with Crippen LogP contribution in [0.4, 0.5) is 0 Å². The van der Waals surface area contributed by atoms with Gasteiger partial charge in [0.05, 0.1) is 0 Å². The molecule has 0 bridgehead atoms. The summed E-state index contributed by atoms with van der Waals surface area (Å²) in [6, 6.07) is 10.3. The van der Waals surface area contributed by atoms with Crippen molar-refractivity contribution in [3.63, 3.8) is 0 Å². The molecule has 0 aliphatic rings. The van der Waals surface area contributed by atoms with E-state index in [9.17, 15) is 0 Å². The van der Waals surface area contributed by atoms with E-state index in [0.29, 0.717) is 13.2 Å². The lowest BCUT2D eigenvalue weighted by Crippen LogP contribution is -2.40. The minimum absolute atomic E-state index is 0.158. The molecule has 0 fully saturated rings. The number of benzene rings is 1. The lowest BCUT2D eigenvalue weighted by Gasteiger charge is -2.39.